The summed E-state index contributed by atoms with van der Waals surface area (Å²) in [5.74, 6) is -1.98. The summed E-state index contributed by atoms with van der Waals surface area (Å²) in [6.07, 6.45) is 0. The number of aryl methyl sites for hydroxylation is 1. The van der Waals surface area contributed by atoms with E-state index in [0.29, 0.717) is 25.6 Å². The fraction of sp³-hybridized carbons (Fsp3) is 0.353. The largest absolute Gasteiger partial charge is 1.00 e. The van der Waals surface area contributed by atoms with E-state index < -0.39 is 40.0 Å². The van der Waals surface area contributed by atoms with Gasteiger partial charge in [0.1, 0.15) is 22.2 Å². The number of fused-ring (bicyclic) bond motifs is 1. The molecule has 0 radical (unpaired) electrons. The van der Waals surface area contributed by atoms with Gasteiger partial charge in [-0.1, -0.05) is 29.2 Å². The van der Waals surface area contributed by atoms with Crippen molar-refractivity contribution in [1.29, 1.82) is 0 Å². The van der Waals surface area contributed by atoms with E-state index in [1.165, 1.54) is 51.1 Å². The number of nitrogens with zero attached hydrogens (tertiary/aromatic N) is 3. The fourth-order valence-corrected chi connectivity index (χ4v) is 8.28. The van der Waals surface area contributed by atoms with Crippen LogP contribution in [0.1, 0.15) is 5.01 Å². The number of aromatic nitrogens is 2. The third kappa shape index (κ3) is 5.75. The Hall–Kier alpha value is -0.104. The Bertz CT molecular complexity index is 1090. The molecule has 1 fully saturated rings. The van der Waals surface area contributed by atoms with Crippen molar-refractivity contribution in [2.24, 2.45) is 0 Å². The molecule has 1 N–H and O–H groups in total. The first-order chi connectivity index (χ1) is 14.8. The van der Waals surface area contributed by atoms with E-state index in [9.17, 15) is 23.7 Å². The molecule has 2 amide bonds. The SMILES string of the molecule is Cc1nnc(SCC2=C(C(=O)[O-])N3C(=O)C(NC(=O)CS(=O)c4cccs4)C3SC2)s1.[K+]. The monoisotopic (exact) mass is 554 g/mol. The van der Waals surface area contributed by atoms with Gasteiger partial charge in [0.25, 0.3) is 5.91 Å². The van der Waals surface area contributed by atoms with Gasteiger partial charge in [0.2, 0.25) is 5.91 Å². The maximum atomic E-state index is 12.7. The summed E-state index contributed by atoms with van der Waals surface area (Å²) in [5, 5.41) is 24.4. The van der Waals surface area contributed by atoms with Gasteiger partial charge in [0, 0.05) is 11.5 Å². The number of carbonyl (C=O) groups is 3. The molecule has 9 nitrogen and oxygen atoms in total. The molecule has 0 saturated carbocycles. The first-order valence-corrected chi connectivity index (χ1v) is 13.9. The Morgan fingerprint density at radius 1 is 1.41 bits per heavy atom. The van der Waals surface area contributed by atoms with E-state index in [0.717, 1.165) is 5.01 Å². The summed E-state index contributed by atoms with van der Waals surface area (Å²) < 4.78 is 13.5. The molecule has 0 spiro atoms. The van der Waals surface area contributed by atoms with Gasteiger partial charge in [-0.3, -0.25) is 18.7 Å². The van der Waals surface area contributed by atoms with Crippen molar-refractivity contribution in [2.75, 3.05) is 17.3 Å². The molecule has 32 heavy (non-hydrogen) atoms. The van der Waals surface area contributed by atoms with Crippen molar-refractivity contribution in [3.05, 3.63) is 33.8 Å². The van der Waals surface area contributed by atoms with Gasteiger partial charge in [0.05, 0.1) is 26.7 Å². The van der Waals surface area contributed by atoms with Crippen LogP contribution in [0.3, 0.4) is 0 Å². The Morgan fingerprint density at radius 3 is 2.81 bits per heavy atom. The van der Waals surface area contributed by atoms with Gasteiger partial charge >= 0.3 is 51.4 Å². The predicted molar refractivity (Wildman–Crippen MR) is 118 cm³/mol. The molecular weight excluding hydrogens is 540 g/mol. The summed E-state index contributed by atoms with van der Waals surface area (Å²) in [6.45, 7) is 1.83. The second-order valence-electron chi connectivity index (χ2n) is 6.49. The van der Waals surface area contributed by atoms with Crippen LogP contribution in [0.5, 0.6) is 0 Å². The van der Waals surface area contributed by atoms with Gasteiger partial charge in [0.15, 0.2) is 4.34 Å². The van der Waals surface area contributed by atoms with E-state index >= 15 is 0 Å². The molecule has 3 atom stereocenters. The topological polar surface area (TPSA) is 132 Å². The van der Waals surface area contributed by atoms with E-state index in [1.807, 2.05) is 6.92 Å². The number of aliphatic carboxylic acids is 1. The van der Waals surface area contributed by atoms with Crippen molar-refractivity contribution in [3.8, 4) is 0 Å². The Kier molecular flexibility index (Phi) is 9.57. The number of hydrogen-bond donors (Lipinski definition) is 1. The van der Waals surface area contributed by atoms with Gasteiger partial charge < -0.3 is 15.2 Å². The van der Waals surface area contributed by atoms with Crippen LogP contribution < -0.4 is 61.8 Å². The second kappa shape index (κ2) is 11.6. The van der Waals surface area contributed by atoms with Crippen LogP contribution in [0.15, 0.2) is 37.3 Å². The first kappa shape index (κ1) is 26.5. The maximum Gasteiger partial charge on any atom is 1.00 e. The van der Waals surface area contributed by atoms with E-state index in [-0.39, 0.29) is 62.8 Å². The van der Waals surface area contributed by atoms with E-state index in [4.69, 9.17) is 0 Å². The van der Waals surface area contributed by atoms with Crippen LogP contribution in [-0.4, -0.2) is 65.8 Å². The molecule has 164 valence electrons. The molecular formula is C17H15KN4O5S5. The Balaban J connectivity index is 0.00000289. The van der Waals surface area contributed by atoms with Gasteiger partial charge in [-0.15, -0.1) is 33.3 Å². The minimum atomic E-state index is -1.49. The number of carboxylic acid groups (broad SMARTS) is 1. The average molecular weight is 555 g/mol. The van der Waals surface area contributed by atoms with Crippen LogP contribution in [0.25, 0.3) is 0 Å². The van der Waals surface area contributed by atoms with Crippen molar-refractivity contribution in [1.82, 2.24) is 20.4 Å². The molecule has 4 rings (SSSR count). The molecule has 0 bridgehead atoms. The Morgan fingerprint density at radius 2 is 2.19 bits per heavy atom. The van der Waals surface area contributed by atoms with Crippen LogP contribution in [0.2, 0.25) is 0 Å². The van der Waals surface area contributed by atoms with Crippen LogP contribution in [0.4, 0.5) is 0 Å². The summed E-state index contributed by atoms with van der Waals surface area (Å²) >= 11 is 5.43. The smallest absolute Gasteiger partial charge is 0.543 e. The zero-order chi connectivity index (χ0) is 22.1. The number of carbonyl (C=O) groups excluding carboxylic acids is 3. The van der Waals surface area contributed by atoms with Crippen LogP contribution in [0, 0.1) is 6.92 Å². The molecule has 0 aliphatic carbocycles. The third-order valence-electron chi connectivity index (χ3n) is 4.42. The molecule has 4 heterocycles. The minimum absolute atomic E-state index is 0. The standard InChI is InChI=1S/C17H16N4O5S5.K/c1-8-19-20-17(30-8)29-6-9-5-28-15-12(14(23)21(15)13(9)16(24)25)18-10(22)7-31(26)11-3-2-4-27-11;/h2-4,12,15H,5-7H2,1H3,(H,18,22)(H,24,25);/q;+1/p-1. The van der Waals surface area contributed by atoms with Gasteiger partial charge in [-0.2, -0.15) is 0 Å². The fourth-order valence-electron chi connectivity index (χ4n) is 3.07. The molecule has 0 aromatic carbocycles. The first-order valence-electron chi connectivity index (χ1n) is 8.87. The molecule has 2 aliphatic rings. The molecule has 1 saturated heterocycles. The molecule has 2 aromatic heterocycles. The Labute approximate surface area is 245 Å². The number of hydrogen-bond acceptors (Lipinski definition) is 11. The maximum absolute atomic E-state index is 12.7. The van der Waals surface area contributed by atoms with Crippen molar-refractivity contribution < 1.29 is 75.1 Å². The number of amides is 2. The number of rotatable bonds is 8. The zero-order valence-corrected chi connectivity index (χ0v) is 24.1. The number of β-lactam (4-membered cyclic amide) rings is 1. The number of nitrogens with one attached hydrogen (secondary N) is 1. The summed E-state index contributed by atoms with van der Waals surface area (Å²) in [7, 11) is -1.49. The van der Waals surface area contributed by atoms with Crippen LogP contribution >= 0.6 is 46.2 Å². The quantitative estimate of drug-likeness (QED) is 0.209. The minimum Gasteiger partial charge on any atom is -0.543 e. The van der Waals surface area contributed by atoms with E-state index in [2.05, 4.69) is 15.5 Å². The van der Waals surface area contributed by atoms with Crippen molar-refractivity contribution in [3.63, 3.8) is 0 Å². The predicted octanol–water partition coefficient (Wildman–Crippen LogP) is -2.78. The van der Waals surface area contributed by atoms with Gasteiger partial charge in [-0.25, -0.2) is 0 Å². The average Bonchev–Trinajstić information content (AvgIpc) is 3.41. The summed E-state index contributed by atoms with van der Waals surface area (Å²) in [5.41, 5.74) is 0.422. The van der Waals surface area contributed by atoms with Crippen molar-refractivity contribution in [2.45, 2.75) is 26.9 Å². The van der Waals surface area contributed by atoms with Gasteiger partial charge in [-0.05, 0) is 23.9 Å². The third-order valence-corrected chi connectivity index (χ3v) is 10.4. The zero-order valence-electron chi connectivity index (χ0n) is 16.9. The van der Waals surface area contributed by atoms with Crippen molar-refractivity contribution >= 4 is 74.8 Å². The second-order valence-corrected chi connectivity index (χ2v) is 12.6. The molecule has 2 aromatic rings. The van der Waals surface area contributed by atoms with E-state index in [1.54, 1.807) is 17.5 Å². The summed E-state index contributed by atoms with van der Waals surface area (Å²) in [6, 6.07) is 2.57. The summed E-state index contributed by atoms with van der Waals surface area (Å²) in [4.78, 5) is 37.9. The molecule has 3 unspecified atom stereocenters. The number of thiophene rings is 1. The number of thioether (sulfide) groups is 2. The molecule has 2 aliphatic heterocycles. The molecule has 15 heteroatoms. The normalized spacial score (nSPS) is 20.8. The van der Waals surface area contributed by atoms with Crippen LogP contribution in [-0.2, 0) is 25.2 Å². The number of carboxylic acids is 1.